The molecule has 1 aromatic carbocycles. The summed E-state index contributed by atoms with van der Waals surface area (Å²) in [5.41, 5.74) is 0.900. The maximum Gasteiger partial charge on any atom is 0.209 e. The van der Waals surface area contributed by atoms with Crippen LogP contribution in [0.3, 0.4) is 0 Å². The Morgan fingerprint density at radius 2 is 2.33 bits per heavy atom. The first-order valence-corrected chi connectivity index (χ1v) is 6.36. The molecule has 0 aliphatic carbocycles. The lowest BCUT2D eigenvalue weighted by atomic mass is 10.2. The van der Waals surface area contributed by atoms with Gasteiger partial charge in [0.15, 0.2) is 5.82 Å². The molecule has 2 rings (SSSR count). The lowest BCUT2D eigenvalue weighted by Gasteiger charge is -2.00. The third-order valence-corrected chi connectivity index (χ3v) is 3.20. The number of aromatic amines is 1. The number of Topliss-reactive ketones (excluding diaryl/α,β-unsaturated/α-hetero) is 1. The van der Waals surface area contributed by atoms with Crippen molar-refractivity contribution in [1.29, 1.82) is 0 Å². The fourth-order valence-electron chi connectivity index (χ4n) is 1.38. The van der Waals surface area contributed by atoms with Gasteiger partial charge in [-0.3, -0.25) is 9.89 Å². The van der Waals surface area contributed by atoms with Crippen LogP contribution in [0.5, 0.6) is 5.75 Å². The van der Waals surface area contributed by atoms with E-state index < -0.39 is 0 Å². The summed E-state index contributed by atoms with van der Waals surface area (Å²) >= 11 is 1.32. The van der Waals surface area contributed by atoms with Gasteiger partial charge in [-0.05, 0) is 19.1 Å². The van der Waals surface area contributed by atoms with Crippen LogP contribution in [0.4, 0.5) is 0 Å². The highest BCUT2D eigenvalue weighted by atomic mass is 32.2. The molecule has 0 spiro atoms. The van der Waals surface area contributed by atoms with Gasteiger partial charge in [0.05, 0.1) is 12.9 Å². The first kappa shape index (κ1) is 12.6. The largest absolute Gasteiger partial charge is 0.497 e. The summed E-state index contributed by atoms with van der Waals surface area (Å²) in [7, 11) is 1.62. The van der Waals surface area contributed by atoms with E-state index >= 15 is 0 Å². The number of nitrogens with zero attached hydrogens (tertiary/aromatic N) is 2. The van der Waals surface area contributed by atoms with Crippen molar-refractivity contribution in [2.45, 2.75) is 12.1 Å². The number of rotatable bonds is 5. The van der Waals surface area contributed by atoms with Crippen LogP contribution in [0.2, 0.25) is 0 Å². The van der Waals surface area contributed by atoms with Crippen molar-refractivity contribution in [2.24, 2.45) is 0 Å². The average molecular weight is 263 g/mol. The van der Waals surface area contributed by atoms with E-state index in [1.165, 1.54) is 11.8 Å². The second-order valence-electron chi connectivity index (χ2n) is 3.69. The number of hydrogen-bond acceptors (Lipinski definition) is 5. The quantitative estimate of drug-likeness (QED) is 0.837. The standard InChI is InChI=1S/C12H13N3O2S/c1-8(16)7-18-12-13-11(14-15-12)9-4-3-5-10(6-9)17-2/h3-6H,7H2,1-2H3,(H,13,14,15). The third kappa shape index (κ3) is 3.10. The fourth-order valence-corrected chi connectivity index (χ4v) is 1.98. The summed E-state index contributed by atoms with van der Waals surface area (Å²) < 4.78 is 5.15. The molecule has 18 heavy (non-hydrogen) atoms. The van der Waals surface area contributed by atoms with Gasteiger partial charge in [0.25, 0.3) is 0 Å². The van der Waals surface area contributed by atoms with Crippen molar-refractivity contribution < 1.29 is 9.53 Å². The number of carbonyl (C=O) groups is 1. The van der Waals surface area contributed by atoms with Crippen LogP contribution in [0, 0.1) is 0 Å². The second-order valence-corrected chi connectivity index (χ2v) is 4.63. The zero-order chi connectivity index (χ0) is 13.0. The molecule has 0 atom stereocenters. The Balaban J connectivity index is 2.15. The molecule has 2 aromatic rings. The molecule has 0 unspecified atom stereocenters. The normalized spacial score (nSPS) is 10.3. The molecule has 0 aliphatic rings. The number of ether oxygens (including phenoxy) is 1. The highest BCUT2D eigenvalue weighted by Gasteiger charge is 2.07. The van der Waals surface area contributed by atoms with Crippen molar-refractivity contribution in [3.8, 4) is 17.1 Å². The molecule has 0 amide bonds. The molecule has 0 aliphatic heterocycles. The summed E-state index contributed by atoms with van der Waals surface area (Å²) in [6.07, 6.45) is 0. The molecule has 0 saturated heterocycles. The summed E-state index contributed by atoms with van der Waals surface area (Å²) in [6.45, 7) is 1.54. The van der Waals surface area contributed by atoms with Crippen LogP contribution in [-0.4, -0.2) is 33.8 Å². The maximum atomic E-state index is 10.9. The Kier molecular flexibility index (Phi) is 3.99. The number of hydrogen-bond donors (Lipinski definition) is 1. The third-order valence-electron chi connectivity index (χ3n) is 2.21. The van der Waals surface area contributed by atoms with Gasteiger partial charge in [-0.1, -0.05) is 23.9 Å². The molecule has 94 valence electrons. The van der Waals surface area contributed by atoms with E-state index in [2.05, 4.69) is 15.2 Å². The second kappa shape index (κ2) is 5.68. The lowest BCUT2D eigenvalue weighted by Crippen LogP contribution is -1.93. The molecule has 0 radical (unpaired) electrons. The summed E-state index contributed by atoms with van der Waals surface area (Å²) in [5, 5.41) is 7.47. The zero-order valence-electron chi connectivity index (χ0n) is 10.1. The summed E-state index contributed by atoms with van der Waals surface area (Å²) in [4.78, 5) is 15.2. The van der Waals surface area contributed by atoms with Crippen molar-refractivity contribution in [3.63, 3.8) is 0 Å². The number of nitrogens with one attached hydrogen (secondary N) is 1. The van der Waals surface area contributed by atoms with E-state index in [4.69, 9.17) is 4.74 Å². The lowest BCUT2D eigenvalue weighted by molar-refractivity contribution is -0.114. The first-order valence-electron chi connectivity index (χ1n) is 5.38. The van der Waals surface area contributed by atoms with E-state index in [0.717, 1.165) is 11.3 Å². The Morgan fingerprint density at radius 3 is 3.06 bits per heavy atom. The SMILES string of the molecule is COc1cccc(-c2nc(SCC(C)=O)n[nH]2)c1. The minimum absolute atomic E-state index is 0.104. The van der Waals surface area contributed by atoms with E-state index in [1.807, 2.05) is 24.3 Å². The number of carbonyl (C=O) groups excluding carboxylic acids is 1. The Labute approximate surface area is 109 Å². The van der Waals surface area contributed by atoms with Gasteiger partial charge < -0.3 is 4.74 Å². The highest BCUT2D eigenvalue weighted by molar-refractivity contribution is 7.99. The van der Waals surface area contributed by atoms with Crippen LogP contribution >= 0.6 is 11.8 Å². The van der Waals surface area contributed by atoms with Gasteiger partial charge >= 0.3 is 0 Å². The van der Waals surface area contributed by atoms with Crippen LogP contribution in [0.15, 0.2) is 29.4 Å². The van der Waals surface area contributed by atoms with Crippen molar-refractivity contribution in [3.05, 3.63) is 24.3 Å². The van der Waals surface area contributed by atoms with Crippen LogP contribution < -0.4 is 4.74 Å². The maximum absolute atomic E-state index is 10.9. The van der Waals surface area contributed by atoms with Crippen LogP contribution in [-0.2, 0) is 4.79 Å². The smallest absolute Gasteiger partial charge is 0.209 e. The van der Waals surface area contributed by atoms with E-state index in [-0.39, 0.29) is 5.78 Å². The van der Waals surface area contributed by atoms with Gasteiger partial charge in [0, 0.05) is 5.56 Å². The number of benzene rings is 1. The predicted molar refractivity (Wildman–Crippen MR) is 69.8 cm³/mol. The van der Waals surface area contributed by atoms with Gasteiger partial charge in [-0.15, -0.1) is 5.10 Å². The molecule has 5 nitrogen and oxygen atoms in total. The number of methoxy groups -OCH3 is 1. The topological polar surface area (TPSA) is 67.9 Å². The highest BCUT2D eigenvalue weighted by Crippen LogP contribution is 2.22. The monoisotopic (exact) mass is 263 g/mol. The molecule has 1 N–H and O–H groups in total. The van der Waals surface area contributed by atoms with Gasteiger partial charge in [-0.25, -0.2) is 4.98 Å². The first-order chi connectivity index (χ1) is 8.69. The summed E-state index contributed by atoms with van der Waals surface area (Å²) in [5.74, 6) is 1.92. The minimum Gasteiger partial charge on any atom is -0.497 e. The van der Waals surface area contributed by atoms with Crippen molar-refractivity contribution in [1.82, 2.24) is 15.2 Å². The number of aromatic nitrogens is 3. The van der Waals surface area contributed by atoms with E-state index in [9.17, 15) is 4.79 Å². The molecule has 1 heterocycles. The molecule has 0 fully saturated rings. The number of thioether (sulfide) groups is 1. The summed E-state index contributed by atoms with van der Waals surface area (Å²) in [6, 6.07) is 7.55. The number of ketones is 1. The Hall–Kier alpha value is -1.82. The molecule has 0 saturated carbocycles. The molecular formula is C12H13N3O2S. The zero-order valence-corrected chi connectivity index (χ0v) is 11.0. The Bertz CT molecular complexity index is 554. The minimum atomic E-state index is 0.104. The molecule has 6 heteroatoms. The van der Waals surface area contributed by atoms with Crippen molar-refractivity contribution in [2.75, 3.05) is 12.9 Å². The van der Waals surface area contributed by atoms with Gasteiger partial charge in [-0.2, -0.15) is 0 Å². The van der Waals surface area contributed by atoms with E-state index in [1.54, 1.807) is 14.0 Å². The van der Waals surface area contributed by atoms with Crippen LogP contribution in [0.25, 0.3) is 11.4 Å². The number of H-pyrrole nitrogens is 1. The fraction of sp³-hybridized carbons (Fsp3) is 0.250. The molecular weight excluding hydrogens is 250 g/mol. The predicted octanol–water partition coefficient (Wildman–Crippen LogP) is 2.16. The molecule has 0 bridgehead atoms. The van der Waals surface area contributed by atoms with Gasteiger partial charge in [0.1, 0.15) is 11.5 Å². The van der Waals surface area contributed by atoms with Gasteiger partial charge in [0.2, 0.25) is 5.16 Å². The van der Waals surface area contributed by atoms with E-state index in [0.29, 0.717) is 16.7 Å². The van der Waals surface area contributed by atoms with Crippen molar-refractivity contribution >= 4 is 17.5 Å². The molecule has 1 aromatic heterocycles. The van der Waals surface area contributed by atoms with Crippen LogP contribution in [0.1, 0.15) is 6.92 Å². The Morgan fingerprint density at radius 1 is 1.50 bits per heavy atom. The average Bonchev–Trinajstić information content (AvgIpc) is 2.85.